The molecule has 0 aliphatic carbocycles. The third-order valence-corrected chi connectivity index (χ3v) is 2.85. The van der Waals surface area contributed by atoms with Gasteiger partial charge in [0.1, 0.15) is 0 Å². The second-order valence-corrected chi connectivity index (χ2v) is 4.13. The Balaban J connectivity index is 2.25. The van der Waals surface area contributed by atoms with Gasteiger partial charge in [0, 0.05) is 30.4 Å². The lowest BCUT2D eigenvalue weighted by Gasteiger charge is -2.28. The van der Waals surface area contributed by atoms with E-state index in [0.717, 1.165) is 17.3 Å². The number of hydrogen-bond donors (Lipinski definition) is 2. The van der Waals surface area contributed by atoms with Crippen LogP contribution in [0.3, 0.4) is 0 Å². The van der Waals surface area contributed by atoms with E-state index >= 15 is 0 Å². The number of aryl methyl sites for hydroxylation is 1. The van der Waals surface area contributed by atoms with E-state index in [2.05, 4.69) is 0 Å². The monoisotopic (exact) mass is 246 g/mol. The molecule has 5 heteroatoms. The molecule has 1 aliphatic heterocycles. The van der Waals surface area contributed by atoms with Gasteiger partial charge in [-0.1, -0.05) is 6.08 Å². The number of amides is 1. The normalized spacial score (nSPS) is 14.9. The van der Waals surface area contributed by atoms with Gasteiger partial charge >= 0.3 is 5.97 Å². The zero-order valence-corrected chi connectivity index (χ0v) is 9.80. The molecule has 2 rings (SSSR count). The van der Waals surface area contributed by atoms with Gasteiger partial charge in [-0.25, -0.2) is 4.79 Å². The fraction of sp³-hybridized carbons (Fsp3) is 0.231. The largest absolute Gasteiger partial charge is 0.478 e. The van der Waals surface area contributed by atoms with Crippen LogP contribution >= 0.6 is 0 Å². The fourth-order valence-electron chi connectivity index (χ4n) is 2.04. The summed E-state index contributed by atoms with van der Waals surface area (Å²) in [5.41, 5.74) is 8.22. The molecule has 0 saturated heterocycles. The Hall–Kier alpha value is -2.30. The average molecular weight is 246 g/mol. The minimum atomic E-state index is -1.02. The zero-order valence-electron chi connectivity index (χ0n) is 9.80. The van der Waals surface area contributed by atoms with Gasteiger partial charge in [0.25, 0.3) is 0 Å². The quantitative estimate of drug-likeness (QED) is 0.619. The maximum Gasteiger partial charge on any atom is 0.328 e. The maximum absolute atomic E-state index is 11.8. The van der Waals surface area contributed by atoms with Crippen LogP contribution in [0.15, 0.2) is 30.4 Å². The molecule has 94 valence electrons. The van der Waals surface area contributed by atoms with Crippen molar-refractivity contribution in [2.45, 2.75) is 12.8 Å². The standard InChI is InChI=1S/C13H14N2O3/c14-10-4-5-11-9(8-10)3-6-12(16)15(11)7-1-2-13(17)18/h1-2,4-5,8H,3,6-7,14H2,(H,17,18)/b2-1+. The summed E-state index contributed by atoms with van der Waals surface area (Å²) in [6, 6.07) is 5.40. The van der Waals surface area contributed by atoms with Crippen molar-refractivity contribution in [2.24, 2.45) is 0 Å². The number of carbonyl (C=O) groups is 2. The lowest BCUT2D eigenvalue weighted by molar-refractivity contribution is -0.131. The molecular weight excluding hydrogens is 232 g/mol. The fourth-order valence-corrected chi connectivity index (χ4v) is 2.04. The Morgan fingerprint density at radius 2 is 2.22 bits per heavy atom. The molecule has 0 saturated carbocycles. The van der Waals surface area contributed by atoms with Crippen LogP contribution in [-0.2, 0) is 16.0 Å². The first-order valence-corrected chi connectivity index (χ1v) is 5.66. The molecule has 0 spiro atoms. The van der Waals surface area contributed by atoms with Crippen LogP contribution in [0.2, 0.25) is 0 Å². The lowest BCUT2D eigenvalue weighted by atomic mass is 10.0. The third kappa shape index (κ3) is 2.51. The highest BCUT2D eigenvalue weighted by Gasteiger charge is 2.22. The van der Waals surface area contributed by atoms with E-state index in [1.165, 1.54) is 6.08 Å². The Morgan fingerprint density at radius 1 is 1.44 bits per heavy atom. The van der Waals surface area contributed by atoms with Gasteiger partial charge in [0.05, 0.1) is 0 Å². The van der Waals surface area contributed by atoms with Crippen LogP contribution in [0.25, 0.3) is 0 Å². The van der Waals surface area contributed by atoms with Gasteiger partial charge in [-0.3, -0.25) is 4.79 Å². The first-order chi connectivity index (χ1) is 8.58. The molecule has 0 radical (unpaired) electrons. The second kappa shape index (κ2) is 4.91. The number of carbonyl (C=O) groups excluding carboxylic acids is 1. The van der Waals surface area contributed by atoms with E-state index < -0.39 is 5.97 Å². The summed E-state index contributed by atoms with van der Waals surface area (Å²) in [6.45, 7) is 0.266. The van der Waals surface area contributed by atoms with Gasteiger partial charge < -0.3 is 15.7 Å². The molecular formula is C13H14N2O3. The minimum Gasteiger partial charge on any atom is -0.478 e. The van der Waals surface area contributed by atoms with Gasteiger partial charge in [0.2, 0.25) is 5.91 Å². The number of carboxylic acids is 1. The molecule has 0 bridgehead atoms. The number of hydrogen-bond acceptors (Lipinski definition) is 3. The summed E-state index contributed by atoms with van der Waals surface area (Å²) in [6.07, 6.45) is 3.61. The minimum absolute atomic E-state index is 0.00214. The van der Waals surface area contributed by atoms with Crippen LogP contribution in [0.1, 0.15) is 12.0 Å². The van der Waals surface area contributed by atoms with Crippen molar-refractivity contribution in [2.75, 3.05) is 17.2 Å². The molecule has 1 amide bonds. The van der Waals surface area contributed by atoms with E-state index in [-0.39, 0.29) is 12.5 Å². The number of aliphatic carboxylic acids is 1. The molecule has 0 atom stereocenters. The number of carboxylic acid groups (broad SMARTS) is 1. The van der Waals surface area contributed by atoms with E-state index in [1.807, 2.05) is 6.07 Å². The number of nitrogens with two attached hydrogens (primary N) is 1. The molecule has 1 aromatic carbocycles. The van der Waals surface area contributed by atoms with Crippen molar-refractivity contribution in [1.82, 2.24) is 0 Å². The summed E-state index contributed by atoms with van der Waals surface area (Å²) >= 11 is 0. The summed E-state index contributed by atoms with van der Waals surface area (Å²) in [5, 5.41) is 8.53. The predicted octanol–water partition coefficient (Wildman–Crippen LogP) is 1.19. The van der Waals surface area contributed by atoms with Crippen molar-refractivity contribution in [1.29, 1.82) is 0 Å². The molecule has 1 aromatic rings. The molecule has 1 heterocycles. The highest BCUT2D eigenvalue weighted by atomic mass is 16.4. The molecule has 3 N–H and O–H groups in total. The van der Waals surface area contributed by atoms with Crippen molar-refractivity contribution in [3.8, 4) is 0 Å². The van der Waals surface area contributed by atoms with Gasteiger partial charge in [-0.2, -0.15) is 0 Å². The first-order valence-electron chi connectivity index (χ1n) is 5.66. The molecule has 18 heavy (non-hydrogen) atoms. The van der Waals surface area contributed by atoms with E-state index in [9.17, 15) is 9.59 Å². The molecule has 0 fully saturated rings. The Kier molecular flexibility index (Phi) is 3.32. The average Bonchev–Trinajstić information content (AvgIpc) is 2.31. The van der Waals surface area contributed by atoms with Crippen molar-refractivity contribution < 1.29 is 14.7 Å². The van der Waals surface area contributed by atoms with E-state index in [4.69, 9.17) is 10.8 Å². The zero-order chi connectivity index (χ0) is 13.1. The number of rotatable bonds is 3. The summed E-state index contributed by atoms with van der Waals surface area (Å²) in [5.74, 6) is -1.01. The summed E-state index contributed by atoms with van der Waals surface area (Å²) < 4.78 is 0. The molecule has 0 unspecified atom stereocenters. The summed E-state index contributed by atoms with van der Waals surface area (Å²) in [4.78, 5) is 23.8. The van der Waals surface area contributed by atoms with E-state index in [0.29, 0.717) is 18.5 Å². The number of nitrogen functional groups attached to an aromatic ring is 1. The Labute approximate surface area is 105 Å². The van der Waals surface area contributed by atoms with E-state index in [1.54, 1.807) is 17.0 Å². The first kappa shape index (κ1) is 12.2. The van der Waals surface area contributed by atoms with Crippen LogP contribution in [0.5, 0.6) is 0 Å². The number of fused-ring (bicyclic) bond motifs is 1. The SMILES string of the molecule is Nc1ccc2c(c1)CCC(=O)N2C/C=C/C(=O)O. The Morgan fingerprint density at radius 3 is 2.94 bits per heavy atom. The summed E-state index contributed by atoms with van der Waals surface area (Å²) in [7, 11) is 0. The smallest absolute Gasteiger partial charge is 0.328 e. The Bertz CT molecular complexity index is 523. The topological polar surface area (TPSA) is 83.6 Å². The van der Waals surface area contributed by atoms with Crippen molar-refractivity contribution in [3.05, 3.63) is 35.9 Å². The predicted molar refractivity (Wildman–Crippen MR) is 68.3 cm³/mol. The lowest BCUT2D eigenvalue weighted by Crippen LogP contribution is -2.35. The number of benzene rings is 1. The molecule has 0 aromatic heterocycles. The van der Waals surface area contributed by atoms with Gasteiger partial charge in [-0.15, -0.1) is 0 Å². The molecule has 5 nitrogen and oxygen atoms in total. The number of nitrogens with zero attached hydrogens (tertiary/aromatic N) is 1. The second-order valence-electron chi connectivity index (χ2n) is 4.13. The highest BCUT2D eigenvalue weighted by Crippen LogP contribution is 2.29. The van der Waals surface area contributed by atoms with Crippen LogP contribution < -0.4 is 10.6 Å². The third-order valence-electron chi connectivity index (χ3n) is 2.85. The van der Waals surface area contributed by atoms with Crippen molar-refractivity contribution in [3.63, 3.8) is 0 Å². The van der Waals surface area contributed by atoms with Crippen LogP contribution in [0.4, 0.5) is 11.4 Å². The van der Waals surface area contributed by atoms with Crippen molar-refractivity contribution >= 4 is 23.3 Å². The maximum atomic E-state index is 11.8. The van der Waals surface area contributed by atoms with Gasteiger partial charge in [-0.05, 0) is 30.2 Å². The highest BCUT2D eigenvalue weighted by molar-refractivity contribution is 5.97. The number of anilines is 2. The van der Waals surface area contributed by atoms with Crippen LogP contribution in [-0.4, -0.2) is 23.5 Å². The molecule has 1 aliphatic rings. The van der Waals surface area contributed by atoms with Gasteiger partial charge in [0.15, 0.2) is 0 Å². The van der Waals surface area contributed by atoms with Crippen LogP contribution in [0, 0.1) is 0 Å².